The molecule has 2 aromatic carbocycles. The number of hydrogen-bond donors (Lipinski definition) is 2. The minimum Gasteiger partial charge on any atom is -0.352 e. The van der Waals surface area contributed by atoms with Crippen LogP contribution in [0.15, 0.2) is 53.3 Å². The van der Waals surface area contributed by atoms with Crippen LogP contribution in [0.2, 0.25) is 0 Å². The topological polar surface area (TPSA) is 78.1 Å². The highest BCUT2D eigenvalue weighted by Gasteiger charge is 2.10. The van der Waals surface area contributed by atoms with Gasteiger partial charge in [0.15, 0.2) is 0 Å². The molecule has 0 bridgehead atoms. The predicted octanol–water partition coefficient (Wildman–Crippen LogP) is 3.94. The highest BCUT2D eigenvalue weighted by Crippen LogP contribution is 2.14. The van der Waals surface area contributed by atoms with Gasteiger partial charge >= 0.3 is 0 Å². The fraction of sp³-hybridized carbons (Fsp3) is 0.423. The highest BCUT2D eigenvalue weighted by molar-refractivity contribution is 5.77. The lowest BCUT2D eigenvalue weighted by atomic mass is 10.1. The first-order chi connectivity index (χ1) is 15.7. The summed E-state index contributed by atoms with van der Waals surface area (Å²) in [6.07, 6.45) is 6.93. The molecule has 0 radical (unpaired) electrons. The number of likely N-dealkylation sites (tertiary alicyclic amines) is 1. The smallest absolute Gasteiger partial charge is 0.258 e. The summed E-state index contributed by atoms with van der Waals surface area (Å²) in [7, 11) is 0. The van der Waals surface area contributed by atoms with Gasteiger partial charge in [0.2, 0.25) is 5.91 Å². The molecule has 2 N–H and O–H groups in total. The maximum atomic E-state index is 12.2. The lowest BCUT2D eigenvalue weighted by Gasteiger charge is -2.19. The third-order valence-electron chi connectivity index (χ3n) is 6.10. The molecule has 0 unspecified atom stereocenters. The Balaban J connectivity index is 1.20. The van der Waals surface area contributed by atoms with Crippen molar-refractivity contribution in [2.24, 2.45) is 0 Å². The molecule has 6 heteroatoms. The molecule has 6 nitrogen and oxygen atoms in total. The Kier molecular flexibility index (Phi) is 7.67. The zero-order valence-corrected chi connectivity index (χ0v) is 18.6. The van der Waals surface area contributed by atoms with Crippen molar-refractivity contribution in [1.29, 1.82) is 0 Å². The molecule has 2 heterocycles. The van der Waals surface area contributed by atoms with Gasteiger partial charge in [-0.3, -0.25) is 14.5 Å². The van der Waals surface area contributed by atoms with Gasteiger partial charge in [0.1, 0.15) is 5.82 Å². The van der Waals surface area contributed by atoms with E-state index in [4.69, 9.17) is 0 Å². The molecule has 1 aliphatic heterocycles. The van der Waals surface area contributed by atoms with Crippen molar-refractivity contribution in [3.05, 3.63) is 75.8 Å². The Labute approximate surface area is 189 Å². The average Bonchev–Trinajstić information content (AvgIpc) is 3.07. The lowest BCUT2D eigenvalue weighted by Crippen LogP contribution is -2.24. The third kappa shape index (κ3) is 6.26. The summed E-state index contributed by atoms with van der Waals surface area (Å²) in [5.74, 6) is 0.642. The monoisotopic (exact) mass is 432 g/mol. The van der Waals surface area contributed by atoms with Crippen LogP contribution < -0.4 is 10.9 Å². The number of nitrogens with zero attached hydrogens (tertiary/aromatic N) is 2. The number of benzene rings is 2. The number of amides is 1. The minimum absolute atomic E-state index is 0.0155. The number of carbonyl (C=O) groups excluding carboxylic acids is 1. The maximum absolute atomic E-state index is 12.2. The maximum Gasteiger partial charge on any atom is 0.258 e. The van der Waals surface area contributed by atoms with E-state index in [-0.39, 0.29) is 11.5 Å². The van der Waals surface area contributed by atoms with Gasteiger partial charge in [-0.15, -0.1) is 0 Å². The molecule has 32 heavy (non-hydrogen) atoms. The number of hydrogen-bond acceptors (Lipinski definition) is 4. The zero-order chi connectivity index (χ0) is 22.2. The van der Waals surface area contributed by atoms with Gasteiger partial charge in [0.05, 0.1) is 10.9 Å². The number of aryl methyl sites for hydroxylation is 1. The second-order valence-electron chi connectivity index (χ2n) is 8.67. The zero-order valence-electron chi connectivity index (χ0n) is 18.6. The fourth-order valence-corrected chi connectivity index (χ4v) is 4.27. The largest absolute Gasteiger partial charge is 0.352 e. The van der Waals surface area contributed by atoms with E-state index in [1.165, 1.54) is 44.3 Å². The van der Waals surface area contributed by atoms with Gasteiger partial charge < -0.3 is 10.3 Å². The standard InChI is InChI=1S/C26H32N4O2/c31-25(11-7-10-24-28-23-9-4-3-8-22(23)26(32)29-24)27-18-20-12-14-21(15-13-20)19-30-16-5-1-2-6-17-30/h3-4,8-9,12-15H,1-2,5-7,10-11,16-19H2,(H,27,31)(H,28,29,32). The van der Waals surface area contributed by atoms with Crippen molar-refractivity contribution < 1.29 is 4.79 Å². The van der Waals surface area contributed by atoms with Crippen LogP contribution in [-0.4, -0.2) is 33.9 Å². The second-order valence-corrected chi connectivity index (χ2v) is 8.67. The quantitative estimate of drug-likeness (QED) is 0.565. The first-order valence-corrected chi connectivity index (χ1v) is 11.7. The molecule has 0 aliphatic carbocycles. The number of carbonyl (C=O) groups is 1. The third-order valence-corrected chi connectivity index (χ3v) is 6.10. The van der Waals surface area contributed by atoms with Gasteiger partial charge in [-0.05, 0) is 55.6 Å². The summed E-state index contributed by atoms with van der Waals surface area (Å²) in [6.45, 7) is 3.94. The Hall–Kier alpha value is -2.99. The van der Waals surface area contributed by atoms with E-state index in [0.717, 1.165) is 12.1 Å². The van der Waals surface area contributed by atoms with E-state index in [0.29, 0.717) is 42.5 Å². The molecule has 1 amide bonds. The molecule has 1 aliphatic rings. The van der Waals surface area contributed by atoms with Crippen LogP contribution >= 0.6 is 0 Å². The molecular formula is C26H32N4O2. The van der Waals surface area contributed by atoms with Crippen molar-refractivity contribution in [2.45, 2.75) is 58.0 Å². The Morgan fingerprint density at radius 2 is 1.69 bits per heavy atom. The molecule has 168 valence electrons. The van der Waals surface area contributed by atoms with Crippen LogP contribution in [0, 0.1) is 0 Å². The number of H-pyrrole nitrogens is 1. The first-order valence-electron chi connectivity index (χ1n) is 11.7. The van der Waals surface area contributed by atoms with E-state index in [2.05, 4.69) is 44.5 Å². The summed E-state index contributed by atoms with van der Waals surface area (Å²) < 4.78 is 0. The Morgan fingerprint density at radius 3 is 2.47 bits per heavy atom. The van der Waals surface area contributed by atoms with E-state index in [1.807, 2.05) is 18.2 Å². The average molecular weight is 433 g/mol. The molecule has 0 saturated carbocycles. The fourth-order valence-electron chi connectivity index (χ4n) is 4.27. The Morgan fingerprint density at radius 1 is 0.969 bits per heavy atom. The van der Waals surface area contributed by atoms with Crippen molar-refractivity contribution in [3.63, 3.8) is 0 Å². The number of nitrogens with one attached hydrogen (secondary N) is 2. The number of rotatable bonds is 8. The summed E-state index contributed by atoms with van der Waals surface area (Å²) in [4.78, 5) is 34.2. The van der Waals surface area contributed by atoms with Crippen LogP contribution in [0.5, 0.6) is 0 Å². The van der Waals surface area contributed by atoms with Gasteiger partial charge in [0, 0.05) is 25.9 Å². The molecule has 1 aromatic heterocycles. The summed E-state index contributed by atoms with van der Waals surface area (Å²) in [6, 6.07) is 15.9. The molecule has 0 spiro atoms. The van der Waals surface area contributed by atoms with E-state index in [1.54, 1.807) is 6.07 Å². The van der Waals surface area contributed by atoms with Crippen molar-refractivity contribution in [3.8, 4) is 0 Å². The van der Waals surface area contributed by atoms with Gasteiger partial charge in [-0.2, -0.15) is 0 Å². The van der Waals surface area contributed by atoms with E-state index in [9.17, 15) is 9.59 Å². The van der Waals surface area contributed by atoms with E-state index < -0.39 is 0 Å². The molecule has 4 rings (SSSR count). The summed E-state index contributed by atoms with van der Waals surface area (Å²) in [5.41, 5.74) is 3.00. The molecule has 1 saturated heterocycles. The first kappa shape index (κ1) is 22.2. The van der Waals surface area contributed by atoms with Crippen LogP contribution in [0.4, 0.5) is 0 Å². The highest BCUT2D eigenvalue weighted by atomic mass is 16.1. The van der Waals surface area contributed by atoms with Crippen LogP contribution in [0.3, 0.4) is 0 Å². The summed E-state index contributed by atoms with van der Waals surface area (Å²) >= 11 is 0. The normalized spacial score (nSPS) is 14.9. The molecule has 1 fully saturated rings. The van der Waals surface area contributed by atoms with Gasteiger partial charge in [0.25, 0.3) is 5.56 Å². The second kappa shape index (κ2) is 11.0. The van der Waals surface area contributed by atoms with Crippen LogP contribution in [0.25, 0.3) is 10.9 Å². The molecule has 3 aromatic rings. The van der Waals surface area contributed by atoms with Crippen LogP contribution in [0.1, 0.15) is 55.5 Å². The number of fused-ring (bicyclic) bond motifs is 1. The van der Waals surface area contributed by atoms with E-state index >= 15 is 0 Å². The van der Waals surface area contributed by atoms with Gasteiger partial charge in [-0.1, -0.05) is 49.2 Å². The summed E-state index contributed by atoms with van der Waals surface area (Å²) in [5, 5.41) is 3.58. The van der Waals surface area contributed by atoms with Crippen LogP contribution in [-0.2, 0) is 24.3 Å². The van der Waals surface area contributed by atoms with Gasteiger partial charge in [-0.25, -0.2) is 4.98 Å². The lowest BCUT2D eigenvalue weighted by molar-refractivity contribution is -0.121. The van der Waals surface area contributed by atoms with Crippen molar-refractivity contribution >= 4 is 16.8 Å². The van der Waals surface area contributed by atoms with Crippen molar-refractivity contribution in [2.75, 3.05) is 13.1 Å². The molecule has 0 atom stereocenters. The SMILES string of the molecule is O=C(CCCc1nc2ccccc2c(=O)[nH]1)NCc1ccc(CN2CCCCCC2)cc1. The van der Waals surface area contributed by atoms with Crippen molar-refractivity contribution in [1.82, 2.24) is 20.2 Å². The predicted molar refractivity (Wildman–Crippen MR) is 127 cm³/mol. The molecular weight excluding hydrogens is 400 g/mol. The minimum atomic E-state index is -0.130. The number of aromatic nitrogens is 2. The number of aromatic amines is 1. The Bertz CT molecular complexity index is 1080. The number of para-hydroxylation sites is 1.